The van der Waals surface area contributed by atoms with Crippen molar-refractivity contribution in [3.8, 4) is 17.6 Å². The molecule has 1 amide bonds. The second kappa shape index (κ2) is 15.5. The first-order valence-corrected chi connectivity index (χ1v) is 16.4. The molecule has 2 atom stereocenters. The largest absolute Gasteiger partial charge is 0.489 e. The zero-order valence-corrected chi connectivity index (χ0v) is 28.1. The summed E-state index contributed by atoms with van der Waals surface area (Å²) in [6.45, 7) is 7.66. The molecule has 1 fully saturated rings. The van der Waals surface area contributed by atoms with Gasteiger partial charge >= 0.3 is 12.3 Å². The van der Waals surface area contributed by atoms with Gasteiger partial charge in [-0.2, -0.15) is 13.2 Å². The molecule has 0 spiro atoms. The van der Waals surface area contributed by atoms with Crippen molar-refractivity contribution >= 4 is 28.4 Å². The lowest BCUT2D eigenvalue weighted by Crippen LogP contribution is -2.45. The summed E-state index contributed by atoms with van der Waals surface area (Å²) in [6, 6.07) is 14.2. The number of hydrogen-bond donors (Lipinski definition) is 1. The van der Waals surface area contributed by atoms with Gasteiger partial charge in [0, 0.05) is 30.3 Å². The molecule has 5 rings (SSSR count). The van der Waals surface area contributed by atoms with Crippen LogP contribution < -0.4 is 15.0 Å². The van der Waals surface area contributed by atoms with Gasteiger partial charge in [0.25, 0.3) is 0 Å². The van der Waals surface area contributed by atoms with E-state index in [9.17, 15) is 18.0 Å². The molecule has 1 aromatic heterocycles. The lowest BCUT2D eigenvalue weighted by atomic mass is 9.89. The number of nitrogens with zero attached hydrogens (tertiary/aromatic N) is 3. The number of rotatable bonds is 1. The van der Waals surface area contributed by atoms with E-state index < -0.39 is 24.4 Å². The minimum atomic E-state index is -4.48. The standard InChI is InChI=1S/C36H45F3N4O5/c1-35(2,3)48-34(44)42-16-8-9-27-23-28-30(10-7-12-31(28)43(27)25-36(37,38)39)40-29-14-17-41(4)24-26(29)15-18-45-19-20-46-21-22-47-33-13-6-5-11-32(33)42/h5-7,10-13,23,26,29,40H,14-22,24-25H2,1-4H3. The van der Waals surface area contributed by atoms with Crippen LogP contribution in [0.5, 0.6) is 5.75 Å². The quantitative estimate of drug-likeness (QED) is 0.295. The highest BCUT2D eigenvalue weighted by Crippen LogP contribution is 2.33. The number of aromatic nitrogens is 1. The molecule has 2 unspecified atom stereocenters. The van der Waals surface area contributed by atoms with Crippen LogP contribution in [-0.2, 0) is 20.8 Å². The van der Waals surface area contributed by atoms with Crippen molar-refractivity contribution in [2.45, 2.75) is 58.0 Å². The van der Waals surface area contributed by atoms with Crippen molar-refractivity contribution in [1.29, 1.82) is 0 Å². The van der Waals surface area contributed by atoms with E-state index in [1.807, 2.05) is 6.07 Å². The molecule has 9 nitrogen and oxygen atoms in total. The summed E-state index contributed by atoms with van der Waals surface area (Å²) >= 11 is 0. The number of carbonyl (C=O) groups is 1. The van der Waals surface area contributed by atoms with Crippen LogP contribution in [0.2, 0.25) is 0 Å². The topological polar surface area (TPSA) is 77.4 Å². The van der Waals surface area contributed by atoms with Crippen LogP contribution in [0.4, 0.5) is 29.3 Å². The number of halogens is 3. The summed E-state index contributed by atoms with van der Waals surface area (Å²) in [5.74, 6) is 6.61. The van der Waals surface area contributed by atoms with Crippen LogP contribution in [0, 0.1) is 17.8 Å². The number of nitrogens with one attached hydrogen (secondary N) is 1. The molecule has 1 N–H and O–H groups in total. The molecule has 260 valence electrons. The molecule has 3 aromatic rings. The predicted molar refractivity (Wildman–Crippen MR) is 180 cm³/mol. The predicted octanol–water partition coefficient (Wildman–Crippen LogP) is 6.54. The smallest absolute Gasteiger partial charge is 0.415 e. The number of piperidine rings is 1. The molecule has 1 saturated heterocycles. The molecule has 2 aromatic carbocycles. The maximum Gasteiger partial charge on any atom is 0.415 e. The maximum atomic E-state index is 13.9. The van der Waals surface area contributed by atoms with Gasteiger partial charge in [-0.15, -0.1) is 0 Å². The number of likely N-dealkylation sites (tertiary alicyclic amines) is 1. The number of hydrogen-bond acceptors (Lipinski definition) is 7. The monoisotopic (exact) mass is 670 g/mol. The lowest BCUT2D eigenvalue weighted by Gasteiger charge is -2.38. The van der Waals surface area contributed by atoms with Gasteiger partial charge in [0.05, 0.1) is 43.3 Å². The Balaban J connectivity index is 1.55. The van der Waals surface area contributed by atoms with E-state index in [1.165, 1.54) is 9.47 Å². The number of para-hydroxylation sites is 2. The fraction of sp³-hybridized carbons (Fsp3) is 0.528. The van der Waals surface area contributed by atoms with Crippen LogP contribution in [0.3, 0.4) is 0 Å². The van der Waals surface area contributed by atoms with Crippen molar-refractivity contribution in [1.82, 2.24) is 9.47 Å². The van der Waals surface area contributed by atoms with E-state index >= 15 is 0 Å². The molecular weight excluding hydrogens is 625 g/mol. The van der Waals surface area contributed by atoms with E-state index in [0.717, 1.165) is 31.6 Å². The Hall–Kier alpha value is -3.92. The fourth-order valence-electron chi connectivity index (χ4n) is 6.10. The zero-order chi connectivity index (χ0) is 34.3. The zero-order valence-electron chi connectivity index (χ0n) is 28.1. The van der Waals surface area contributed by atoms with Crippen LogP contribution in [0.15, 0.2) is 48.5 Å². The molecular formula is C36H45F3N4O5. The molecule has 0 saturated carbocycles. The molecule has 3 heterocycles. The molecule has 0 aliphatic carbocycles. The molecule has 12 heteroatoms. The highest BCUT2D eigenvalue weighted by molar-refractivity contribution is 5.94. The third kappa shape index (κ3) is 9.58. The van der Waals surface area contributed by atoms with E-state index in [2.05, 4.69) is 29.1 Å². The summed E-state index contributed by atoms with van der Waals surface area (Å²) in [5, 5.41) is 4.33. The number of anilines is 2. The van der Waals surface area contributed by atoms with E-state index in [4.69, 9.17) is 18.9 Å². The Kier molecular flexibility index (Phi) is 11.5. The number of fused-ring (bicyclic) bond motifs is 3. The highest BCUT2D eigenvalue weighted by atomic mass is 19.4. The molecule has 48 heavy (non-hydrogen) atoms. The highest BCUT2D eigenvalue weighted by Gasteiger charge is 2.31. The van der Waals surface area contributed by atoms with Crippen molar-refractivity contribution in [2.24, 2.45) is 5.92 Å². The maximum absolute atomic E-state index is 13.9. The first-order valence-electron chi connectivity index (χ1n) is 16.4. The number of amides is 1. The van der Waals surface area contributed by atoms with E-state index in [1.54, 1.807) is 63.2 Å². The summed E-state index contributed by atoms with van der Waals surface area (Å²) < 4.78 is 66.3. The summed E-state index contributed by atoms with van der Waals surface area (Å²) in [4.78, 5) is 17.1. The SMILES string of the molecule is CN1CCC2Nc3cccc4c3cc(n4CC(F)(F)F)C#CCN(C(=O)OC(C)(C)C)c3ccccc3OCCOCCOCCC2C1. The number of carbonyl (C=O) groups excluding carboxylic acids is 1. The Morgan fingerprint density at radius 3 is 2.52 bits per heavy atom. The van der Waals surface area contributed by atoms with Crippen LogP contribution >= 0.6 is 0 Å². The van der Waals surface area contributed by atoms with E-state index in [0.29, 0.717) is 48.8 Å². The van der Waals surface area contributed by atoms with Crippen molar-refractivity contribution in [3.05, 3.63) is 54.2 Å². The Labute approximate surface area is 280 Å². The molecule has 2 aliphatic heterocycles. The van der Waals surface area contributed by atoms with Crippen molar-refractivity contribution in [2.75, 3.05) is 69.9 Å². The van der Waals surface area contributed by atoms with Crippen LogP contribution in [-0.4, -0.2) is 93.1 Å². The van der Waals surface area contributed by atoms with Gasteiger partial charge in [-0.05, 0) is 89.4 Å². The third-order valence-electron chi connectivity index (χ3n) is 8.27. The fourth-order valence-corrected chi connectivity index (χ4v) is 6.10. The normalized spacial score (nSPS) is 20.6. The second-order valence-corrected chi connectivity index (χ2v) is 13.2. The Bertz CT molecular complexity index is 1610. The van der Waals surface area contributed by atoms with Gasteiger partial charge in [-0.3, -0.25) is 4.90 Å². The summed E-state index contributed by atoms with van der Waals surface area (Å²) in [5.41, 5.74) is 0.996. The van der Waals surface area contributed by atoms with Crippen molar-refractivity contribution < 1.29 is 36.9 Å². The third-order valence-corrected chi connectivity index (χ3v) is 8.27. The molecule has 2 aliphatic rings. The first kappa shape index (κ1) is 35.4. The van der Waals surface area contributed by atoms with Gasteiger partial charge in [0.1, 0.15) is 24.5 Å². The van der Waals surface area contributed by atoms with Gasteiger partial charge in [0.2, 0.25) is 0 Å². The van der Waals surface area contributed by atoms with Gasteiger partial charge in [0.15, 0.2) is 0 Å². The number of benzene rings is 2. The minimum Gasteiger partial charge on any atom is -0.489 e. The molecule has 2 bridgehead atoms. The Morgan fingerprint density at radius 2 is 1.75 bits per heavy atom. The van der Waals surface area contributed by atoms with E-state index in [-0.39, 0.29) is 30.8 Å². The first-order chi connectivity index (χ1) is 22.9. The average Bonchev–Trinajstić information content (AvgIpc) is 3.35. The number of ether oxygens (including phenoxy) is 4. The minimum absolute atomic E-state index is 0.115. The van der Waals surface area contributed by atoms with Gasteiger partial charge in [-0.1, -0.05) is 24.1 Å². The average molecular weight is 671 g/mol. The number of alkyl halides is 3. The van der Waals surface area contributed by atoms with Gasteiger partial charge < -0.3 is 33.7 Å². The summed E-state index contributed by atoms with van der Waals surface area (Å²) in [7, 11) is 2.10. The second-order valence-electron chi connectivity index (χ2n) is 13.2. The molecule has 0 radical (unpaired) electrons. The Morgan fingerprint density at radius 1 is 1.00 bits per heavy atom. The van der Waals surface area contributed by atoms with Crippen molar-refractivity contribution in [3.63, 3.8) is 0 Å². The van der Waals surface area contributed by atoms with Crippen LogP contribution in [0.1, 0.15) is 39.3 Å². The lowest BCUT2D eigenvalue weighted by molar-refractivity contribution is -0.140. The van der Waals surface area contributed by atoms with Crippen LogP contribution in [0.25, 0.3) is 10.9 Å². The summed E-state index contributed by atoms with van der Waals surface area (Å²) in [6.07, 6.45) is -3.42. The van der Waals surface area contributed by atoms with Gasteiger partial charge in [-0.25, -0.2) is 4.79 Å².